The molecule has 0 aliphatic heterocycles. The summed E-state index contributed by atoms with van der Waals surface area (Å²) in [5.41, 5.74) is 2.26. The van der Waals surface area contributed by atoms with E-state index in [0.717, 1.165) is 11.1 Å². The number of halogens is 1. The molecule has 1 aromatic carbocycles. The van der Waals surface area contributed by atoms with Crippen molar-refractivity contribution in [1.82, 2.24) is 4.98 Å². The van der Waals surface area contributed by atoms with Crippen molar-refractivity contribution in [2.45, 2.75) is 0 Å². The van der Waals surface area contributed by atoms with Gasteiger partial charge in [-0.1, -0.05) is 24.3 Å². The van der Waals surface area contributed by atoms with E-state index in [-0.39, 0.29) is 5.82 Å². The Morgan fingerprint density at radius 1 is 1.06 bits per heavy atom. The summed E-state index contributed by atoms with van der Waals surface area (Å²) in [6.45, 7) is 0. The Bertz CT molecular complexity index is 580. The maximum atomic E-state index is 12.7. The van der Waals surface area contributed by atoms with Gasteiger partial charge >= 0.3 is 0 Å². The molecule has 1 heterocycles. The number of benzene rings is 1. The molecular formula is C14H9FN2. The second-order valence-electron chi connectivity index (χ2n) is 3.50. The molecule has 17 heavy (non-hydrogen) atoms. The van der Waals surface area contributed by atoms with E-state index in [1.807, 2.05) is 18.2 Å². The zero-order valence-corrected chi connectivity index (χ0v) is 8.97. The number of hydrogen-bond donors (Lipinski definition) is 0. The number of hydrogen-bond acceptors (Lipinski definition) is 2. The molecule has 1 aromatic heterocycles. The fraction of sp³-hybridized carbons (Fsp3) is 0. The van der Waals surface area contributed by atoms with Crippen LogP contribution in [0.15, 0.2) is 42.7 Å². The summed E-state index contributed by atoms with van der Waals surface area (Å²) in [6.07, 6.45) is 6.86. The van der Waals surface area contributed by atoms with Crippen LogP contribution in [0.25, 0.3) is 12.2 Å². The zero-order chi connectivity index (χ0) is 12.1. The molecular weight excluding hydrogens is 215 g/mol. The van der Waals surface area contributed by atoms with Gasteiger partial charge in [0.05, 0.1) is 5.56 Å². The molecule has 82 valence electrons. The minimum absolute atomic E-state index is 0.254. The maximum Gasteiger partial charge on any atom is 0.123 e. The third kappa shape index (κ3) is 2.99. The van der Waals surface area contributed by atoms with Gasteiger partial charge in [0, 0.05) is 12.4 Å². The van der Waals surface area contributed by atoms with Crippen LogP contribution in [0.1, 0.15) is 16.7 Å². The number of aromatic nitrogens is 1. The molecule has 0 saturated heterocycles. The van der Waals surface area contributed by atoms with Crippen LogP contribution in [0.4, 0.5) is 4.39 Å². The molecule has 0 unspecified atom stereocenters. The van der Waals surface area contributed by atoms with Gasteiger partial charge in [-0.3, -0.25) is 4.98 Å². The summed E-state index contributed by atoms with van der Waals surface area (Å²) >= 11 is 0. The molecule has 0 N–H and O–H groups in total. The number of nitrogens with zero attached hydrogens (tertiary/aromatic N) is 2. The van der Waals surface area contributed by atoms with Crippen molar-refractivity contribution in [1.29, 1.82) is 5.26 Å². The van der Waals surface area contributed by atoms with Crippen LogP contribution in [0.3, 0.4) is 0 Å². The lowest BCUT2D eigenvalue weighted by Gasteiger charge is -1.95. The Hall–Kier alpha value is -2.47. The highest BCUT2D eigenvalue weighted by Crippen LogP contribution is 2.09. The smallest absolute Gasteiger partial charge is 0.123 e. The van der Waals surface area contributed by atoms with Gasteiger partial charge in [0.15, 0.2) is 0 Å². The van der Waals surface area contributed by atoms with Crippen LogP contribution in [0, 0.1) is 17.1 Å². The van der Waals surface area contributed by atoms with Crippen molar-refractivity contribution in [2.75, 3.05) is 0 Å². The van der Waals surface area contributed by atoms with Crippen molar-refractivity contribution in [3.8, 4) is 6.07 Å². The lowest BCUT2D eigenvalue weighted by Crippen LogP contribution is -1.80. The first-order valence-corrected chi connectivity index (χ1v) is 5.07. The van der Waals surface area contributed by atoms with Crippen LogP contribution in [0.5, 0.6) is 0 Å². The van der Waals surface area contributed by atoms with Crippen molar-refractivity contribution < 1.29 is 4.39 Å². The molecule has 0 radical (unpaired) electrons. The van der Waals surface area contributed by atoms with E-state index >= 15 is 0 Å². The maximum absolute atomic E-state index is 12.7. The molecule has 2 aromatic rings. The lowest BCUT2D eigenvalue weighted by molar-refractivity contribution is 0.628. The van der Waals surface area contributed by atoms with E-state index < -0.39 is 0 Å². The largest absolute Gasteiger partial charge is 0.263 e. The molecule has 0 fully saturated rings. The van der Waals surface area contributed by atoms with Crippen molar-refractivity contribution in [2.24, 2.45) is 0 Å². The Kier molecular flexibility index (Phi) is 3.27. The van der Waals surface area contributed by atoms with E-state index in [9.17, 15) is 4.39 Å². The fourth-order valence-corrected chi connectivity index (χ4v) is 1.38. The Morgan fingerprint density at radius 2 is 1.76 bits per heavy atom. The first kappa shape index (κ1) is 11.0. The van der Waals surface area contributed by atoms with E-state index in [1.54, 1.807) is 24.4 Å². The van der Waals surface area contributed by atoms with Crippen LogP contribution >= 0.6 is 0 Å². The molecule has 2 rings (SSSR count). The number of rotatable bonds is 2. The predicted molar refractivity (Wildman–Crippen MR) is 64.3 cm³/mol. The van der Waals surface area contributed by atoms with Crippen LogP contribution < -0.4 is 0 Å². The number of pyridine rings is 1. The van der Waals surface area contributed by atoms with Crippen molar-refractivity contribution >= 4 is 12.2 Å². The average molecular weight is 224 g/mol. The van der Waals surface area contributed by atoms with E-state index in [0.29, 0.717) is 5.56 Å². The van der Waals surface area contributed by atoms with Crippen LogP contribution in [0.2, 0.25) is 0 Å². The molecule has 0 atom stereocenters. The van der Waals surface area contributed by atoms with E-state index in [2.05, 4.69) is 4.98 Å². The molecule has 0 bridgehead atoms. The van der Waals surface area contributed by atoms with Crippen molar-refractivity contribution in [3.63, 3.8) is 0 Å². The molecule has 0 spiro atoms. The SMILES string of the molecule is N#Cc1cncc(/C=C/c2ccc(F)cc2)c1. The first-order valence-electron chi connectivity index (χ1n) is 5.07. The van der Waals surface area contributed by atoms with Crippen LogP contribution in [-0.2, 0) is 0 Å². The first-order chi connectivity index (χ1) is 8.28. The topological polar surface area (TPSA) is 36.7 Å². The Morgan fingerprint density at radius 3 is 2.47 bits per heavy atom. The summed E-state index contributed by atoms with van der Waals surface area (Å²) in [6, 6.07) is 9.96. The highest BCUT2D eigenvalue weighted by Gasteiger charge is 1.93. The van der Waals surface area contributed by atoms with Crippen molar-refractivity contribution in [3.05, 3.63) is 65.2 Å². The molecule has 0 saturated carbocycles. The van der Waals surface area contributed by atoms with Gasteiger partial charge in [0.25, 0.3) is 0 Å². The van der Waals surface area contributed by atoms with Gasteiger partial charge in [0.1, 0.15) is 11.9 Å². The number of nitriles is 1. The molecule has 0 amide bonds. The third-order valence-corrected chi connectivity index (χ3v) is 2.23. The summed E-state index contributed by atoms with van der Waals surface area (Å²) in [7, 11) is 0. The van der Waals surface area contributed by atoms with E-state index in [4.69, 9.17) is 5.26 Å². The summed E-state index contributed by atoms with van der Waals surface area (Å²) in [5.74, 6) is -0.254. The molecule has 0 aliphatic carbocycles. The molecule has 3 heteroatoms. The normalized spacial score (nSPS) is 10.4. The van der Waals surface area contributed by atoms with Gasteiger partial charge in [0.2, 0.25) is 0 Å². The predicted octanol–water partition coefficient (Wildman–Crippen LogP) is 3.26. The summed E-state index contributed by atoms with van der Waals surface area (Å²) < 4.78 is 12.7. The minimum Gasteiger partial charge on any atom is -0.263 e. The van der Waals surface area contributed by atoms with Gasteiger partial charge in [-0.05, 0) is 29.3 Å². The second-order valence-corrected chi connectivity index (χ2v) is 3.50. The highest BCUT2D eigenvalue weighted by atomic mass is 19.1. The third-order valence-electron chi connectivity index (χ3n) is 2.23. The van der Waals surface area contributed by atoms with Gasteiger partial charge in [-0.2, -0.15) is 5.26 Å². The standard InChI is InChI=1S/C14H9FN2/c15-14-5-3-11(4-6-14)1-2-12-7-13(8-16)10-17-9-12/h1-7,9-10H/b2-1+. The summed E-state index contributed by atoms with van der Waals surface area (Å²) in [4.78, 5) is 3.95. The molecule has 2 nitrogen and oxygen atoms in total. The second kappa shape index (κ2) is 5.04. The minimum atomic E-state index is -0.254. The highest BCUT2D eigenvalue weighted by molar-refractivity contribution is 5.69. The Balaban J connectivity index is 2.20. The zero-order valence-electron chi connectivity index (χ0n) is 8.97. The quantitative estimate of drug-likeness (QED) is 0.785. The summed E-state index contributed by atoms with van der Waals surface area (Å²) in [5, 5.41) is 8.72. The van der Waals surface area contributed by atoms with Gasteiger partial charge in [-0.15, -0.1) is 0 Å². The fourth-order valence-electron chi connectivity index (χ4n) is 1.38. The average Bonchev–Trinajstić information content (AvgIpc) is 2.38. The monoisotopic (exact) mass is 224 g/mol. The lowest BCUT2D eigenvalue weighted by atomic mass is 10.1. The van der Waals surface area contributed by atoms with Crippen LogP contribution in [-0.4, -0.2) is 4.98 Å². The van der Waals surface area contributed by atoms with Gasteiger partial charge in [-0.25, -0.2) is 4.39 Å². The Labute approximate surface area is 98.7 Å². The van der Waals surface area contributed by atoms with Gasteiger partial charge < -0.3 is 0 Å². The molecule has 0 aliphatic rings. The van der Waals surface area contributed by atoms with E-state index in [1.165, 1.54) is 18.3 Å².